The molecule has 1 amide bonds. The first-order valence-electron chi connectivity index (χ1n) is 8.20. The monoisotopic (exact) mass is 329 g/mol. The lowest BCUT2D eigenvalue weighted by Crippen LogP contribution is -2.31. The number of carbonyl (C=O) groups is 1. The standard InChI is InChI=1S/C18H23N3O3/c1-23-16-6-5-14(12-17(16)24-2)15-4-3-9-21(15)18(22)7-10-20-11-8-19-13-20/h5-6,8,11-13,15H,3-4,7,9-10H2,1-2H3/t15-/m1/s1. The van der Waals surface area contributed by atoms with Crippen LogP contribution < -0.4 is 9.47 Å². The molecule has 6 heteroatoms. The number of ether oxygens (including phenoxy) is 2. The number of aromatic nitrogens is 2. The summed E-state index contributed by atoms with van der Waals surface area (Å²) in [4.78, 5) is 18.6. The maximum absolute atomic E-state index is 12.6. The second kappa shape index (κ2) is 7.38. The van der Waals surface area contributed by atoms with Gasteiger partial charge in [0.2, 0.25) is 5.91 Å². The number of rotatable bonds is 6. The third kappa shape index (κ3) is 3.37. The fourth-order valence-electron chi connectivity index (χ4n) is 3.26. The lowest BCUT2D eigenvalue weighted by Gasteiger charge is -2.26. The lowest BCUT2D eigenvalue weighted by molar-refractivity contribution is -0.132. The third-order valence-electron chi connectivity index (χ3n) is 4.51. The van der Waals surface area contributed by atoms with Gasteiger partial charge in [0.15, 0.2) is 11.5 Å². The van der Waals surface area contributed by atoms with Crippen LogP contribution >= 0.6 is 0 Å². The van der Waals surface area contributed by atoms with Gasteiger partial charge in [-0.1, -0.05) is 6.07 Å². The van der Waals surface area contributed by atoms with E-state index in [1.54, 1.807) is 26.7 Å². The number of hydrogen-bond acceptors (Lipinski definition) is 4. The molecule has 0 spiro atoms. The van der Waals surface area contributed by atoms with Crippen molar-refractivity contribution in [2.75, 3.05) is 20.8 Å². The normalized spacial score (nSPS) is 17.1. The number of hydrogen-bond donors (Lipinski definition) is 0. The summed E-state index contributed by atoms with van der Waals surface area (Å²) >= 11 is 0. The van der Waals surface area contributed by atoms with Crippen molar-refractivity contribution in [3.63, 3.8) is 0 Å². The molecule has 1 atom stereocenters. The summed E-state index contributed by atoms with van der Waals surface area (Å²) in [5, 5.41) is 0. The summed E-state index contributed by atoms with van der Waals surface area (Å²) in [6.45, 7) is 1.47. The molecule has 0 aliphatic carbocycles. The van der Waals surface area contributed by atoms with Gasteiger partial charge in [-0.25, -0.2) is 4.98 Å². The molecule has 1 fully saturated rings. The largest absolute Gasteiger partial charge is 0.493 e. The highest BCUT2D eigenvalue weighted by Gasteiger charge is 2.30. The minimum absolute atomic E-state index is 0.111. The van der Waals surface area contributed by atoms with E-state index >= 15 is 0 Å². The second-order valence-electron chi connectivity index (χ2n) is 5.91. The van der Waals surface area contributed by atoms with Gasteiger partial charge in [0.25, 0.3) is 0 Å². The quantitative estimate of drug-likeness (QED) is 0.817. The predicted octanol–water partition coefficient (Wildman–Crippen LogP) is 2.65. The molecule has 2 heterocycles. The molecule has 3 rings (SSSR count). The van der Waals surface area contributed by atoms with Crippen molar-refractivity contribution in [3.8, 4) is 11.5 Å². The molecule has 0 saturated carbocycles. The van der Waals surface area contributed by atoms with Gasteiger partial charge in [-0.15, -0.1) is 0 Å². The van der Waals surface area contributed by atoms with Crippen LogP contribution in [0.1, 0.15) is 30.9 Å². The first-order chi connectivity index (χ1) is 11.7. The number of likely N-dealkylation sites (tertiary alicyclic amines) is 1. The maximum Gasteiger partial charge on any atom is 0.224 e. The fourth-order valence-corrected chi connectivity index (χ4v) is 3.26. The van der Waals surface area contributed by atoms with E-state index in [9.17, 15) is 4.79 Å². The molecule has 0 N–H and O–H groups in total. The molecular formula is C18H23N3O3. The van der Waals surface area contributed by atoms with E-state index in [-0.39, 0.29) is 11.9 Å². The fraction of sp³-hybridized carbons (Fsp3) is 0.444. The summed E-state index contributed by atoms with van der Waals surface area (Å²) in [6.07, 6.45) is 7.83. The van der Waals surface area contributed by atoms with Gasteiger partial charge in [-0.3, -0.25) is 4.79 Å². The number of carbonyl (C=O) groups excluding carboxylic acids is 1. The molecule has 1 saturated heterocycles. The van der Waals surface area contributed by atoms with E-state index in [4.69, 9.17) is 9.47 Å². The number of methoxy groups -OCH3 is 2. The Bertz CT molecular complexity index is 685. The van der Waals surface area contributed by atoms with Crippen LogP contribution in [0.4, 0.5) is 0 Å². The molecule has 0 radical (unpaired) electrons. The second-order valence-corrected chi connectivity index (χ2v) is 5.91. The molecule has 2 aromatic rings. The van der Waals surface area contributed by atoms with E-state index in [1.165, 1.54) is 0 Å². The molecule has 24 heavy (non-hydrogen) atoms. The zero-order valence-corrected chi connectivity index (χ0v) is 14.1. The average Bonchev–Trinajstić information content (AvgIpc) is 3.30. The summed E-state index contributed by atoms with van der Waals surface area (Å²) in [5.74, 6) is 1.59. The van der Waals surface area contributed by atoms with Crippen LogP contribution in [0.2, 0.25) is 0 Å². The van der Waals surface area contributed by atoms with E-state index in [1.807, 2.05) is 33.9 Å². The molecule has 1 aromatic carbocycles. The van der Waals surface area contributed by atoms with Gasteiger partial charge in [-0.05, 0) is 30.5 Å². The first kappa shape index (κ1) is 16.4. The molecule has 1 aliphatic rings. The average molecular weight is 329 g/mol. The topological polar surface area (TPSA) is 56.6 Å². The Balaban J connectivity index is 1.71. The van der Waals surface area contributed by atoms with E-state index in [0.29, 0.717) is 24.5 Å². The Labute approximate surface area is 142 Å². The van der Waals surface area contributed by atoms with Crippen molar-refractivity contribution in [1.82, 2.24) is 14.5 Å². The van der Waals surface area contributed by atoms with Crippen molar-refractivity contribution in [3.05, 3.63) is 42.5 Å². The van der Waals surface area contributed by atoms with Crippen LogP contribution in [0.15, 0.2) is 36.9 Å². The van der Waals surface area contributed by atoms with Crippen molar-refractivity contribution >= 4 is 5.91 Å². The number of amides is 1. The SMILES string of the molecule is COc1ccc([C@H]2CCCN2C(=O)CCn2ccnc2)cc1OC. The number of imidazole rings is 1. The number of aryl methyl sites for hydroxylation is 1. The Morgan fingerprint density at radius 1 is 1.29 bits per heavy atom. The van der Waals surface area contributed by atoms with Crippen LogP contribution in [0, 0.1) is 0 Å². The molecule has 128 valence electrons. The van der Waals surface area contributed by atoms with Gasteiger partial charge in [0.05, 0.1) is 26.6 Å². The van der Waals surface area contributed by atoms with Crippen molar-refractivity contribution in [2.24, 2.45) is 0 Å². The van der Waals surface area contributed by atoms with Crippen LogP contribution in [0.5, 0.6) is 11.5 Å². The van der Waals surface area contributed by atoms with Crippen molar-refractivity contribution in [1.29, 1.82) is 0 Å². The lowest BCUT2D eigenvalue weighted by atomic mass is 10.0. The highest BCUT2D eigenvalue weighted by Crippen LogP contribution is 2.37. The predicted molar refractivity (Wildman–Crippen MR) is 90.1 cm³/mol. The Morgan fingerprint density at radius 2 is 2.12 bits per heavy atom. The zero-order valence-electron chi connectivity index (χ0n) is 14.1. The molecular weight excluding hydrogens is 306 g/mol. The Kier molecular flexibility index (Phi) is 5.03. The van der Waals surface area contributed by atoms with E-state index < -0.39 is 0 Å². The van der Waals surface area contributed by atoms with E-state index in [0.717, 1.165) is 24.9 Å². The van der Waals surface area contributed by atoms with Crippen molar-refractivity contribution in [2.45, 2.75) is 31.8 Å². The molecule has 6 nitrogen and oxygen atoms in total. The molecule has 0 bridgehead atoms. The maximum atomic E-state index is 12.6. The van der Waals surface area contributed by atoms with Crippen LogP contribution in [0.3, 0.4) is 0 Å². The van der Waals surface area contributed by atoms with Gasteiger partial charge in [0.1, 0.15) is 0 Å². The summed E-state index contributed by atoms with van der Waals surface area (Å²) in [6, 6.07) is 6.01. The van der Waals surface area contributed by atoms with Gasteiger partial charge < -0.3 is 18.9 Å². The smallest absolute Gasteiger partial charge is 0.224 e. The zero-order chi connectivity index (χ0) is 16.9. The van der Waals surface area contributed by atoms with Gasteiger partial charge in [-0.2, -0.15) is 0 Å². The minimum Gasteiger partial charge on any atom is -0.493 e. The molecule has 1 aromatic heterocycles. The van der Waals surface area contributed by atoms with Gasteiger partial charge in [0, 0.05) is 31.9 Å². The van der Waals surface area contributed by atoms with Gasteiger partial charge >= 0.3 is 0 Å². The summed E-state index contributed by atoms with van der Waals surface area (Å²) < 4.78 is 12.6. The van der Waals surface area contributed by atoms with Crippen LogP contribution in [0.25, 0.3) is 0 Å². The molecule has 1 aliphatic heterocycles. The highest BCUT2D eigenvalue weighted by molar-refractivity contribution is 5.77. The van der Waals surface area contributed by atoms with Crippen molar-refractivity contribution < 1.29 is 14.3 Å². The Morgan fingerprint density at radius 3 is 2.83 bits per heavy atom. The number of nitrogens with zero attached hydrogens (tertiary/aromatic N) is 3. The van der Waals surface area contributed by atoms with Crippen LogP contribution in [-0.4, -0.2) is 41.1 Å². The molecule has 0 unspecified atom stereocenters. The summed E-state index contributed by atoms with van der Waals surface area (Å²) in [7, 11) is 3.25. The minimum atomic E-state index is 0.111. The van der Waals surface area contributed by atoms with E-state index in [2.05, 4.69) is 4.98 Å². The van der Waals surface area contributed by atoms with Crippen LogP contribution in [-0.2, 0) is 11.3 Å². The first-order valence-corrected chi connectivity index (χ1v) is 8.20. The third-order valence-corrected chi connectivity index (χ3v) is 4.51. The number of benzene rings is 1. The summed E-state index contributed by atoms with van der Waals surface area (Å²) in [5.41, 5.74) is 1.10. The highest BCUT2D eigenvalue weighted by atomic mass is 16.5. The Hall–Kier alpha value is -2.50.